The zero-order chi connectivity index (χ0) is 22.7. The van der Waals surface area contributed by atoms with E-state index in [0.29, 0.717) is 34.9 Å². The van der Waals surface area contributed by atoms with Gasteiger partial charge in [0.05, 0.1) is 15.1 Å². The van der Waals surface area contributed by atoms with Gasteiger partial charge in [-0.25, -0.2) is 4.98 Å². The lowest BCUT2D eigenvalue weighted by Crippen LogP contribution is -2.47. The molecule has 1 saturated heterocycles. The molecule has 0 radical (unpaired) electrons. The molecule has 164 valence electrons. The number of thiazole rings is 1. The number of rotatable bonds is 5. The number of hydrogen-bond acceptors (Lipinski definition) is 7. The second-order valence-electron chi connectivity index (χ2n) is 7.47. The molecule has 1 aliphatic heterocycles. The van der Waals surface area contributed by atoms with E-state index in [9.17, 15) is 19.7 Å². The van der Waals surface area contributed by atoms with Gasteiger partial charge in [-0.05, 0) is 36.9 Å². The van der Waals surface area contributed by atoms with Crippen LogP contribution in [0.25, 0.3) is 16.3 Å². The van der Waals surface area contributed by atoms with Crippen molar-refractivity contribution in [2.24, 2.45) is 0 Å². The summed E-state index contributed by atoms with van der Waals surface area (Å²) in [5, 5.41) is 14.0. The molecule has 2 amide bonds. The molecule has 32 heavy (non-hydrogen) atoms. The number of hydrogen-bond donors (Lipinski definition) is 1. The Morgan fingerprint density at radius 1 is 1.16 bits per heavy atom. The molecule has 10 heteroatoms. The van der Waals surface area contributed by atoms with E-state index >= 15 is 0 Å². The summed E-state index contributed by atoms with van der Waals surface area (Å²) >= 11 is 1.29. The van der Waals surface area contributed by atoms with Crippen LogP contribution in [0.1, 0.15) is 15.9 Å². The first kappa shape index (κ1) is 21.6. The Hall–Kier alpha value is -3.63. The molecular weight excluding hydrogens is 430 g/mol. The van der Waals surface area contributed by atoms with Gasteiger partial charge in [0.1, 0.15) is 0 Å². The fourth-order valence-electron chi connectivity index (χ4n) is 3.36. The highest BCUT2D eigenvalue weighted by Gasteiger charge is 2.21. The molecule has 1 fully saturated rings. The molecule has 2 aromatic carbocycles. The highest BCUT2D eigenvalue weighted by atomic mass is 32.1. The maximum absolute atomic E-state index is 12.8. The molecule has 4 rings (SSSR count). The van der Waals surface area contributed by atoms with Crippen LogP contribution < -0.4 is 5.32 Å². The summed E-state index contributed by atoms with van der Waals surface area (Å²) in [5.74, 6) is -0.400. The lowest BCUT2D eigenvalue weighted by Gasteiger charge is -2.32. The number of aromatic nitrogens is 1. The average Bonchev–Trinajstić information content (AvgIpc) is 3.19. The third kappa shape index (κ3) is 4.98. The largest absolute Gasteiger partial charge is 0.336 e. The van der Waals surface area contributed by atoms with E-state index in [-0.39, 0.29) is 11.6 Å². The minimum Gasteiger partial charge on any atom is -0.336 e. The molecular formula is C22H21N5O4S. The number of piperazine rings is 1. The highest BCUT2D eigenvalue weighted by molar-refractivity contribution is 7.22. The number of nitrogens with one attached hydrogen (secondary N) is 1. The van der Waals surface area contributed by atoms with Crippen LogP contribution in [0.4, 0.5) is 10.8 Å². The van der Waals surface area contributed by atoms with Crippen LogP contribution >= 0.6 is 11.3 Å². The van der Waals surface area contributed by atoms with Crippen molar-refractivity contribution in [2.75, 3.05) is 38.5 Å². The van der Waals surface area contributed by atoms with Gasteiger partial charge < -0.3 is 9.80 Å². The fourth-order valence-corrected chi connectivity index (χ4v) is 4.27. The van der Waals surface area contributed by atoms with Crippen LogP contribution in [0.15, 0.2) is 48.5 Å². The number of nitro benzene ring substituents is 1. The van der Waals surface area contributed by atoms with Crippen molar-refractivity contribution in [1.29, 1.82) is 0 Å². The van der Waals surface area contributed by atoms with Crippen LogP contribution in [0, 0.1) is 10.1 Å². The number of benzene rings is 2. The monoisotopic (exact) mass is 451 g/mol. The van der Waals surface area contributed by atoms with E-state index in [4.69, 9.17) is 0 Å². The number of nitrogens with zero attached hydrogens (tertiary/aromatic N) is 4. The summed E-state index contributed by atoms with van der Waals surface area (Å²) in [6, 6.07) is 11.4. The van der Waals surface area contributed by atoms with Gasteiger partial charge in [0.25, 0.3) is 11.6 Å². The summed E-state index contributed by atoms with van der Waals surface area (Å²) in [4.78, 5) is 43.9. The summed E-state index contributed by atoms with van der Waals surface area (Å²) in [6.07, 6.45) is 2.80. The number of carbonyl (C=O) groups is 2. The van der Waals surface area contributed by atoms with Crippen LogP contribution in [0.5, 0.6) is 0 Å². The Labute approximate surface area is 188 Å². The van der Waals surface area contributed by atoms with Crippen molar-refractivity contribution in [2.45, 2.75) is 0 Å². The van der Waals surface area contributed by atoms with Gasteiger partial charge in [0.2, 0.25) is 5.91 Å². The van der Waals surface area contributed by atoms with Gasteiger partial charge in [-0.15, -0.1) is 0 Å². The lowest BCUT2D eigenvalue weighted by molar-refractivity contribution is -0.384. The second kappa shape index (κ2) is 9.25. The fraction of sp³-hybridized carbons (Fsp3) is 0.227. The number of anilines is 1. The number of non-ortho nitro benzene ring substituents is 1. The van der Waals surface area contributed by atoms with Crippen molar-refractivity contribution < 1.29 is 14.5 Å². The van der Waals surface area contributed by atoms with E-state index in [1.807, 2.05) is 18.0 Å². The molecule has 0 saturated carbocycles. The first-order valence-corrected chi connectivity index (χ1v) is 10.8. The van der Waals surface area contributed by atoms with E-state index in [0.717, 1.165) is 17.8 Å². The van der Waals surface area contributed by atoms with E-state index in [1.54, 1.807) is 24.3 Å². The zero-order valence-corrected chi connectivity index (χ0v) is 18.2. The molecule has 3 aromatic rings. The molecule has 1 aromatic heterocycles. The maximum atomic E-state index is 12.8. The summed E-state index contributed by atoms with van der Waals surface area (Å²) in [6.45, 7) is 3.12. The molecule has 0 aliphatic carbocycles. The normalized spacial score (nSPS) is 14.7. The van der Waals surface area contributed by atoms with Crippen LogP contribution in [0.2, 0.25) is 0 Å². The third-order valence-corrected chi connectivity index (χ3v) is 6.10. The van der Waals surface area contributed by atoms with Crippen molar-refractivity contribution in [3.8, 4) is 0 Å². The van der Waals surface area contributed by atoms with Gasteiger partial charge >= 0.3 is 0 Å². The molecule has 2 heterocycles. The van der Waals surface area contributed by atoms with Crippen LogP contribution in [-0.2, 0) is 4.79 Å². The number of fused-ring (bicyclic) bond motifs is 1. The van der Waals surface area contributed by atoms with Gasteiger partial charge in [-0.2, -0.15) is 0 Å². The molecule has 0 spiro atoms. The molecule has 9 nitrogen and oxygen atoms in total. The van der Waals surface area contributed by atoms with Crippen molar-refractivity contribution in [1.82, 2.24) is 14.8 Å². The Bertz CT molecular complexity index is 1210. The summed E-state index contributed by atoms with van der Waals surface area (Å²) < 4.78 is 0.808. The first-order chi connectivity index (χ1) is 15.4. The lowest BCUT2D eigenvalue weighted by atomic mass is 10.1. The maximum Gasteiger partial charge on any atom is 0.270 e. The van der Waals surface area contributed by atoms with Gasteiger partial charge in [0.15, 0.2) is 5.13 Å². The number of nitro groups is 1. The van der Waals surface area contributed by atoms with Crippen molar-refractivity contribution >= 4 is 50.3 Å². The minimum absolute atomic E-state index is 0.00104. The quantitative estimate of drug-likeness (QED) is 0.362. The third-order valence-electron chi connectivity index (χ3n) is 5.16. The minimum atomic E-state index is -0.485. The van der Waals surface area contributed by atoms with Crippen molar-refractivity contribution in [3.63, 3.8) is 0 Å². The first-order valence-electron chi connectivity index (χ1n) is 10.0. The summed E-state index contributed by atoms with van der Waals surface area (Å²) in [7, 11) is 2.04. The molecule has 1 aliphatic rings. The molecule has 1 N–H and O–H groups in total. The van der Waals surface area contributed by atoms with Gasteiger partial charge in [-0.1, -0.05) is 23.5 Å². The Kier molecular flexibility index (Phi) is 6.24. The van der Waals surface area contributed by atoms with Crippen molar-refractivity contribution in [3.05, 3.63) is 69.8 Å². The van der Waals surface area contributed by atoms with E-state index in [1.165, 1.54) is 35.6 Å². The number of amides is 2. The average molecular weight is 452 g/mol. The summed E-state index contributed by atoms with van der Waals surface area (Å²) in [5.41, 5.74) is 1.81. The highest BCUT2D eigenvalue weighted by Crippen LogP contribution is 2.27. The Balaban J connectivity index is 1.43. The predicted octanol–water partition coefficient (Wildman–Crippen LogP) is 3.24. The second-order valence-corrected chi connectivity index (χ2v) is 8.50. The molecule has 0 bridgehead atoms. The zero-order valence-electron chi connectivity index (χ0n) is 17.4. The van der Waals surface area contributed by atoms with E-state index < -0.39 is 10.8 Å². The number of likely N-dealkylation sites (N-methyl/N-ethyl adjacent to an activating group) is 1. The van der Waals surface area contributed by atoms with Crippen LogP contribution in [0.3, 0.4) is 0 Å². The Morgan fingerprint density at radius 2 is 1.94 bits per heavy atom. The number of carbonyl (C=O) groups excluding carboxylic acids is 2. The van der Waals surface area contributed by atoms with E-state index in [2.05, 4.69) is 15.2 Å². The Morgan fingerprint density at radius 3 is 2.69 bits per heavy atom. The standard InChI is InChI=1S/C22H21N5O4S/c1-25-9-11-26(12-10-25)21(29)16-6-7-18-19(14-16)32-22(23-18)24-20(28)8-5-15-3-2-4-17(13-15)27(30)31/h2-8,13-14H,9-12H2,1H3,(H,23,24,28)/b8-5+. The predicted molar refractivity (Wildman–Crippen MR) is 124 cm³/mol. The van der Waals surface area contributed by atoms with Gasteiger partial charge in [-0.3, -0.25) is 25.0 Å². The van der Waals surface area contributed by atoms with Gasteiger partial charge in [0, 0.05) is 50.0 Å². The topological polar surface area (TPSA) is 109 Å². The smallest absolute Gasteiger partial charge is 0.270 e. The SMILES string of the molecule is CN1CCN(C(=O)c2ccc3nc(NC(=O)/C=C/c4cccc([N+](=O)[O-])c4)sc3c2)CC1. The molecule has 0 atom stereocenters. The molecule has 0 unspecified atom stereocenters. The van der Waals surface area contributed by atoms with Crippen LogP contribution in [-0.4, -0.2) is 64.7 Å².